The quantitative estimate of drug-likeness (QED) is 0.551. The highest BCUT2D eigenvalue weighted by Crippen LogP contribution is 2.32. The van der Waals surface area contributed by atoms with Crippen molar-refractivity contribution in [1.29, 1.82) is 0 Å². The molecule has 0 fully saturated rings. The maximum Gasteiger partial charge on any atom is 0.143 e. The molecule has 0 saturated heterocycles. The van der Waals surface area contributed by atoms with Crippen LogP contribution in [0.1, 0.15) is 55.4 Å². The van der Waals surface area contributed by atoms with Crippen LogP contribution < -0.4 is 0 Å². The third-order valence-corrected chi connectivity index (χ3v) is 4.61. The van der Waals surface area contributed by atoms with E-state index in [1.165, 1.54) is 5.57 Å². The van der Waals surface area contributed by atoms with Gasteiger partial charge in [-0.2, -0.15) is 0 Å². The monoisotopic (exact) mass is 300 g/mol. The van der Waals surface area contributed by atoms with Crippen LogP contribution in [0.2, 0.25) is 0 Å². The van der Waals surface area contributed by atoms with E-state index in [9.17, 15) is 4.79 Å². The van der Waals surface area contributed by atoms with Crippen molar-refractivity contribution >= 4 is 5.78 Å². The molecular formula is C21H32O. The molecule has 0 aliphatic heterocycles. The predicted molar refractivity (Wildman–Crippen MR) is 96.7 cm³/mol. The molecule has 0 spiro atoms. The Kier molecular flexibility index (Phi) is 5.43. The molecule has 22 heavy (non-hydrogen) atoms. The molecule has 0 heterocycles. The molecule has 2 unspecified atom stereocenters. The van der Waals surface area contributed by atoms with E-state index in [1.54, 1.807) is 6.92 Å². The Morgan fingerprint density at radius 3 is 1.95 bits per heavy atom. The third kappa shape index (κ3) is 5.12. The van der Waals surface area contributed by atoms with Crippen LogP contribution in [0.4, 0.5) is 0 Å². The molecule has 1 heteroatoms. The first-order valence-electron chi connectivity index (χ1n) is 8.17. The molecule has 0 radical (unpaired) electrons. The molecule has 0 saturated carbocycles. The van der Waals surface area contributed by atoms with Gasteiger partial charge in [-0.1, -0.05) is 82.7 Å². The SMILES string of the molecule is CC(=O)C1(C)C=CC(C)C(C)=CC(C)(C)C=CC(C)(C)C=C1. The number of hydrogen-bond acceptors (Lipinski definition) is 1. The summed E-state index contributed by atoms with van der Waals surface area (Å²) in [7, 11) is 0. The summed E-state index contributed by atoms with van der Waals surface area (Å²) in [4.78, 5) is 12.1. The second-order valence-corrected chi connectivity index (χ2v) is 8.18. The van der Waals surface area contributed by atoms with Gasteiger partial charge >= 0.3 is 0 Å². The van der Waals surface area contributed by atoms with Gasteiger partial charge in [-0.15, -0.1) is 0 Å². The molecule has 1 aliphatic rings. The number of allylic oxidation sites excluding steroid dienone is 8. The number of carbonyl (C=O) groups is 1. The Hall–Kier alpha value is -1.37. The van der Waals surface area contributed by atoms with Crippen LogP contribution in [-0.2, 0) is 4.79 Å². The molecule has 0 amide bonds. The highest BCUT2D eigenvalue weighted by Gasteiger charge is 2.25. The Morgan fingerprint density at radius 2 is 1.41 bits per heavy atom. The van der Waals surface area contributed by atoms with Crippen LogP contribution >= 0.6 is 0 Å². The smallest absolute Gasteiger partial charge is 0.143 e. The van der Waals surface area contributed by atoms with Gasteiger partial charge in [0.25, 0.3) is 0 Å². The van der Waals surface area contributed by atoms with Gasteiger partial charge in [0.15, 0.2) is 0 Å². The van der Waals surface area contributed by atoms with Crippen molar-refractivity contribution in [3.63, 3.8) is 0 Å². The number of rotatable bonds is 1. The maximum atomic E-state index is 12.1. The van der Waals surface area contributed by atoms with E-state index >= 15 is 0 Å². The normalized spacial score (nSPS) is 31.1. The number of hydrogen-bond donors (Lipinski definition) is 0. The molecule has 1 rings (SSSR count). The summed E-state index contributed by atoms with van der Waals surface area (Å²) < 4.78 is 0. The summed E-state index contributed by atoms with van der Waals surface area (Å²) in [6.45, 7) is 16.8. The van der Waals surface area contributed by atoms with Gasteiger partial charge in [-0.3, -0.25) is 4.79 Å². The summed E-state index contributed by atoms with van der Waals surface area (Å²) in [5.74, 6) is 0.498. The van der Waals surface area contributed by atoms with Crippen LogP contribution in [0.5, 0.6) is 0 Å². The fourth-order valence-corrected chi connectivity index (χ4v) is 2.43. The minimum absolute atomic E-state index is 0.0281. The predicted octanol–water partition coefficient (Wildman–Crippen LogP) is 5.90. The first-order valence-corrected chi connectivity index (χ1v) is 8.17. The van der Waals surface area contributed by atoms with Crippen molar-refractivity contribution < 1.29 is 4.79 Å². The Bertz CT molecular complexity index is 540. The van der Waals surface area contributed by atoms with E-state index in [2.05, 4.69) is 84.1 Å². The van der Waals surface area contributed by atoms with E-state index in [0.717, 1.165) is 0 Å². The molecule has 2 atom stereocenters. The van der Waals surface area contributed by atoms with Gasteiger partial charge in [0.05, 0.1) is 5.41 Å². The summed E-state index contributed by atoms with van der Waals surface area (Å²) >= 11 is 0. The summed E-state index contributed by atoms with van der Waals surface area (Å²) in [6, 6.07) is 0. The number of Topliss-reactive ketones (excluding diaryl/α,β-unsaturated/α-hetero) is 1. The van der Waals surface area contributed by atoms with Crippen molar-refractivity contribution in [1.82, 2.24) is 0 Å². The molecule has 0 aromatic heterocycles. The fraction of sp³-hybridized carbons (Fsp3) is 0.571. The maximum absolute atomic E-state index is 12.1. The van der Waals surface area contributed by atoms with E-state index < -0.39 is 5.41 Å². The van der Waals surface area contributed by atoms with E-state index in [-0.39, 0.29) is 16.6 Å². The average molecular weight is 300 g/mol. The van der Waals surface area contributed by atoms with Gasteiger partial charge in [-0.25, -0.2) is 0 Å². The molecular weight excluding hydrogens is 268 g/mol. The summed E-state index contributed by atoms with van der Waals surface area (Å²) in [5, 5.41) is 0. The summed E-state index contributed by atoms with van der Waals surface area (Å²) in [6.07, 6.45) is 15.2. The van der Waals surface area contributed by atoms with Crippen LogP contribution in [0, 0.1) is 22.2 Å². The molecule has 1 aliphatic carbocycles. The van der Waals surface area contributed by atoms with Crippen molar-refractivity contribution in [2.75, 3.05) is 0 Å². The lowest BCUT2D eigenvalue weighted by atomic mass is 9.78. The highest BCUT2D eigenvalue weighted by atomic mass is 16.1. The van der Waals surface area contributed by atoms with E-state index in [1.807, 2.05) is 6.92 Å². The topological polar surface area (TPSA) is 17.1 Å². The van der Waals surface area contributed by atoms with Crippen molar-refractivity contribution in [2.24, 2.45) is 22.2 Å². The first kappa shape index (κ1) is 18.7. The minimum atomic E-state index is -0.533. The van der Waals surface area contributed by atoms with Gasteiger partial charge < -0.3 is 0 Å². The molecule has 122 valence electrons. The van der Waals surface area contributed by atoms with Gasteiger partial charge in [0.2, 0.25) is 0 Å². The zero-order chi connectivity index (χ0) is 17.2. The lowest BCUT2D eigenvalue weighted by Crippen LogP contribution is -2.22. The second-order valence-electron chi connectivity index (χ2n) is 8.18. The molecule has 0 aromatic rings. The molecule has 1 nitrogen and oxygen atoms in total. The number of carbonyl (C=O) groups excluding carboxylic acids is 1. The van der Waals surface area contributed by atoms with E-state index in [4.69, 9.17) is 0 Å². The zero-order valence-corrected chi connectivity index (χ0v) is 15.5. The number of ketones is 1. The van der Waals surface area contributed by atoms with Crippen LogP contribution in [0.15, 0.2) is 48.1 Å². The second kappa shape index (κ2) is 6.40. The highest BCUT2D eigenvalue weighted by molar-refractivity contribution is 5.86. The summed E-state index contributed by atoms with van der Waals surface area (Å²) in [5.41, 5.74) is 0.752. The van der Waals surface area contributed by atoms with Gasteiger partial charge in [-0.05, 0) is 26.7 Å². The zero-order valence-electron chi connectivity index (χ0n) is 15.5. The lowest BCUT2D eigenvalue weighted by molar-refractivity contribution is -0.121. The molecule has 0 bridgehead atoms. The van der Waals surface area contributed by atoms with Crippen molar-refractivity contribution in [3.8, 4) is 0 Å². The van der Waals surface area contributed by atoms with Gasteiger partial charge in [0, 0.05) is 10.8 Å². The Labute approximate surface area is 136 Å². The Balaban J connectivity index is 3.41. The van der Waals surface area contributed by atoms with Crippen LogP contribution in [0.3, 0.4) is 0 Å². The van der Waals surface area contributed by atoms with E-state index in [0.29, 0.717) is 5.92 Å². The molecule has 0 aromatic carbocycles. The Morgan fingerprint density at radius 1 is 0.909 bits per heavy atom. The standard InChI is InChI=1S/C21H32O/c1-16-9-10-21(8,18(3)22)14-13-19(4,5)11-12-20(6,7)15-17(16)2/h9-16H,1-8H3. The first-order chi connectivity index (χ1) is 9.87. The van der Waals surface area contributed by atoms with Crippen LogP contribution in [-0.4, -0.2) is 5.78 Å². The largest absolute Gasteiger partial charge is 0.299 e. The van der Waals surface area contributed by atoms with Crippen molar-refractivity contribution in [3.05, 3.63) is 48.1 Å². The van der Waals surface area contributed by atoms with Crippen molar-refractivity contribution in [2.45, 2.75) is 55.4 Å². The average Bonchev–Trinajstić information content (AvgIpc) is 2.39. The lowest BCUT2D eigenvalue weighted by Gasteiger charge is -2.26. The van der Waals surface area contributed by atoms with Crippen LogP contribution in [0.25, 0.3) is 0 Å². The minimum Gasteiger partial charge on any atom is -0.299 e. The molecule has 0 N–H and O–H groups in total. The van der Waals surface area contributed by atoms with Gasteiger partial charge in [0.1, 0.15) is 5.78 Å². The third-order valence-electron chi connectivity index (χ3n) is 4.61. The fourth-order valence-electron chi connectivity index (χ4n) is 2.43.